The largest absolute Gasteiger partial charge is 0.378 e. The van der Waals surface area contributed by atoms with Crippen LogP contribution in [-0.2, 0) is 0 Å². The average molecular weight is 351 g/mol. The quantitative estimate of drug-likeness (QED) is 0.716. The summed E-state index contributed by atoms with van der Waals surface area (Å²) in [5.41, 5.74) is 3.78. The molecule has 0 amide bonds. The molecule has 20 heavy (non-hydrogen) atoms. The Balaban J connectivity index is 1.84. The molecule has 3 heteroatoms. The van der Waals surface area contributed by atoms with Crippen LogP contribution in [0.2, 0.25) is 5.02 Å². The van der Waals surface area contributed by atoms with Crippen LogP contribution in [-0.4, -0.2) is 0 Å². The van der Waals surface area contributed by atoms with E-state index in [1.165, 1.54) is 24.0 Å². The van der Waals surface area contributed by atoms with E-state index in [1.54, 1.807) is 0 Å². The van der Waals surface area contributed by atoms with E-state index in [-0.39, 0.29) is 0 Å². The van der Waals surface area contributed by atoms with Gasteiger partial charge in [-0.25, -0.2) is 0 Å². The molecular formula is C17H17BrClN. The Kier molecular flexibility index (Phi) is 4.04. The van der Waals surface area contributed by atoms with Crippen LogP contribution < -0.4 is 5.32 Å². The predicted octanol–water partition coefficient (Wildman–Crippen LogP) is 5.97. The van der Waals surface area contributed by atoms with E-state index in [0.717, 1.165) is 21.1 Å². The molecule has 2 aromatic rings. The average Bonchev–Trinajstić information content (AvgIpc) is 3.26. The molecule has 1 aliphatic carbocycles. The van der Waals surface area contributed by atoms with Gasteiger partial charge in [0.1, 0.15) is 0 Å². The lowest BCUT2D eigenvalue weighted by Gasteiger charge is -2.20. The summed E-state index contributed by atoms with van der Waals surface area (Å²) in [4.78, 5) is 0. The van der Waals surface area contributed by atoms with Gasteiger partial charge in [-0.15, -0.1) is 0 Å². The van der Waals surface area contributed by atoms with Gasteiger partial charge in [0.2, 0.25) is 0 Å². The number of anilines is 1. The molecule has 0 aliphatic heterocycles. The van der Waals surface area contributed by atoms with Gasteiger partial charge < -0.3 is 5.32 Å². The molecule has 1 unspecified atom stereocenters. The summed E-state index contributed by atoms with van der Waals surface area (Å²) in [6.07, 6.45) is 2.61. The van der Waals surface area contributed by atoms with Crippen molar-refractivity contribution in [3.8, 4) is 0 Å². The lowest BCUT2D eigenvalue weighted by molar-refractivity contribution is 0.679. The minimum Gasteiger partial charge on any atom is -0.378 e. The molecular weight excluding hydrogens is 334 g/mol. The maximum Gasteiger partial charge on any atom is 0.0549 e. The van der Waals surface area contributed by atoms with E-state index in [1.807, 2.05) is 18.2 Å². The zero-order chi connectivity index (χ0) is 14.1. The van der Waals surface area contributed by atoms with Crippen molar-refractivity contribution in [3.05, 3.63) is 63.1 Å². The highest BCUT2D eigenvalue weighted by Gasteiger charge is 2.32. The van der Waals surface area contributed by atoms with Gasteiger partial charge in [-0.3, -0.25) is 0 Å². The third-order valence-electron chi connectivity index (χ3n) is 3.77. The smallest absolute Gasteiger partial charge is 0.0549 e. The molecule has 0 saturated heterocycles. The van der Waals surface area contributed by atoms with E-state index in [4.69, 9.17) is 11.6 Å². The summed E-state index contributed by atoms with van der Waals surface area (Å²) in [5, 5.41) is 4.40. The minimum atomic E-state index is 0.392. The molecule has 0 radical (unpaired) electrons. The van der Waals surface area contributed by atoms with Crippen molar-refractivity contribution in [1.82, 2.24) is 0 Å². The topological polar surface area (TPSA) is 12.0 Å². The first-order valence-electron chi connectivity index (χ1n) is 6.91. The lowest BCUT2D eigenvalue weighted by atomic mass is 10.0. The Hall–Kier alpha value is -0.990. The first-order chi connectivity index (χ1) is 9.63. The lowest BCUT2D eigenvalue weighted by Crippen LogP contribution is -2.12. The van der Waals surface area contributed by atoms with Crippen molar-refractivity contribution >= 4 is 33.2 Å². The Morgan fingerprint density at radius 3 is 2.45 bits per heavy atom. The van der Waals surface area contributed by atoms with Crippen LogP contribution in [0.1, 0.15) is 30.0 Å². The summed E-state index contributed by atoms with van der Waals surface area (Å²) in [7, 11) is 0. The van der Waals surface area contributed by atoms with Crippen LogP contribution in [0.15, 0.2) is 46.9 Å². The van der Waals surface area contributed by atoms with E-state index in [9.17, 15) is 0 Å². The summed E-state index contributed by atoms with van der Waals surface area (Å²) in [6.45, 7) is 2.12. The first kappa shape index (κ1) is 14.0. The van der Waals surface area contributed by atoms with Crippen molar-refractivity contribution in [2.24, 2.45) is 5.92 Å². The maximum atomic E-state index is 6.05. The van der Waals surface area contributed by atoms with Crippen LogP contribution >= 0.6 is 27.5 Å². The second kappa shape index (κ2) is 5.79. The van der Waals surface area contributed by atoms with Gasteiger partial charge >= 0.3 is 0 Å². The second-order valence-corrected chi connectivity index (χ2v) is 6.76. The highest BCUT2D eigenvalue weighted by atomic mass is 79.9. The van der Waals surface area contributed by atoms with Gasteiger partial charge in [0, 0.05) is 10.2 Å². The van der Waals surface area contributed by atoms with Crippen LogP contribution in [0.4, 0.5) is 5.69 Å². The molecule has 3 rings (SSSR count). The number of hydrogen-bond acceptors (Lipinski definition) is 1. The highest BCUT2D eigenvalue weighted by Crippen LogP contribution is 2.43. The minimum absolute atomic E-state index is 0.392. The fourth-order valence-electron chi connectivity index (χ4n) is 2.44. The van der Waals surface area contributed by atoms with Gasteiger partial charge in [-0.05, 0) is 65.4 Å². The SMILES string of the molecule is Cc1ccc(C(Nc2ccc(Cl)c(Br)c2)C2CC2)cc1. The molecule has 1 aliphatic rings. The number of halogens is 2. The molecule has 1 saturated carbocycles. The predicted molar refractivity (Wildman–Crippen MR) is 89.4 cm³/mol. The Labute approximate surface area is 133 Å². The Bertz CT molecular complexity index is 605. The fraction of sp³-hybridized carbons (Fsp3) is 0.294. The summed E-state index contributed by atoms with van der Waals surface area (Å²) >= 11 is 9.53. The van der Waals surface area contributed by atoms with Crippen molar-refractivity contribution in [1.29, 1.82) is 0 Å². The van der Waals surface area contributed by atoms with Crippen molar-refractivity contribution < 1.29 is 0 Å². The normalized spacial score (nSPS) is 15.9. The summed E-state index contributed by atoms with van der Waals surface area (Å²) < 4.78 is 0.933. The molecule has 1 N–H and O–H groups in total. The molecule has 0 heterocycles. The van der Waals surface area contributed by atoms with Gasteiger partial charge in [-0.2, -0.15) is 0 Å². The van der Waals surface area contributed by atoms with Crippen molar-refractivity contribution in [2.75, 3.05) is 5.32 Å². The Morgan fingerprint density at radius 1 is 1.15 bits per heavy atom. The number of hydrogen-bond donors (Lipinski definition) is 1. The molecule has 1 fully saturated rings. The van der Waals surface area contributed by atoms with E-state index in [0.29, 0.717) is 6.04 Å². The van der Waals surface area contributed by atoms with E-state index < -0.39 is 0 Å². The third-order valence-corrected chi connectivity index (χ3v) is 4.99. The van der Waals surface area contributed by atoms with Gasteiger partial charge in [0.25, 0.3) is 0 Å². The molecule has 1 atom stereocenters. The summed E-state index contributed by atoms with van der Waals surface area (Å²) in [6, 6.07) is 15.2. The number of benzene rings is 2. The number of aryl methyl sites for hydroxylation is 1. The molecule has 104 valence electrons. The van der Waals surface area contributed by atoms with Gasteiger partial charge in [0.15, 0.2) is 0 Å². The maximum absolute atomic E-state index is 6.05. The van der Waals surface area contributed by atoms with Gasteiger partial charge in [-0.1, -0.05) is 41.4 Å². The van der Waals surface area contributed by atoms with Crippen molar-refractivity contribution in [2.45, 2.75) is 25.8 Å². The molecule has 0 aromatic heterocycles. The number of rotatable bonds is 4. The number of nitrogens with one attached hydrogen (secondary N) is 1. The molecule has 0 bridgehead atoms. The second-order valence-electron chi connectivity index (χ2n) is 5.50. The zero-order valence-electron chi connectivity index (χ0n) is 11.4. The van der Waals surface area contributed by atoms with Crippen LogP contribution in [0.25, 0.3) is 0 Å². The van der Waals surface area contributed by atoms with Crippen LogP contribution in [0, 0.1) is 12.8 Å². The molecule has 1 nitrogen and oxygen atoms in total. The van der Waals surface area contributed by atoms with Crippen LogP contribution in [0.5, 0.6) is 0 Å². The summed E-state index contributed by atoms with van der Waals surface area (Å²) in [5.74, 6) is 0.743. The van der Waals surface area contributed by atoms with Crippen molar-refractivity contribution in [3.63, 3.8) is 0 Å². The Morgan fingerprint density at radius 2 is 1.85 bits per heavy atom. The van der Waals surface area contributed by atoms with Gasteiger partial charge in [0.05, 0.1) is 11.1 Å². The van der Waals surface area contributed by atoms with Crippen LogP contribution in [0.3, 0.4) is 0 Å². The first-order valence-corrected chi connectivity index (χ1v) is 8.09. The van der Waals surface area contributed by atoms with E-state index >= 15 is 0 Å². The monoisotopic (exact) mass is 349 g/mol. The fourth-order valence-corrected chi connectivity index (χ4v) is 2.94. The highest BCUT2D eigenvalue weighted by molar-refractivity contribution is 9.10. The molecule has 0 spiro atoms. The molecule has 2 aromatic carbocycles. The zero-order valence-corrected chi connectivity index (χ0v) is 13.7. The standard InChI is InChI=1S/C17H17BrClN/c1-11-2-4-12(5-3-11)17(13-6-7-13)20-14-8-9-16(19)15(18)10-14/h2-5,8-10,13,17,20H,6-7H2,1H3. The van der Waals surface area contributed by atoms with E-state index in [2.05, 4.69) is 52.4 Å². The third kappa shape index (κ3) is 3.18.